The van der Waals surface area contributed by atoms with Crippen molar-refractivity contribution in [3.05, 3.63) is 35.0 Å². The van der Waals surface area contributed by atoms with Gasteiger partial charge in [-0.1, -0.05) is 0 Å². The predicted molar refractivity (Wildman–Crippen MR) is 68.9 cm³/mol. The first-order valence-corrected chi connectivity index (χ1v) is 6.54. The molecular formula is C13H13FN2S. The van der Waals surface area contributed by atoms with Gasteiger partial charge in [0.25, 0.3) is 0 Å². The monoisotopic (exact) mass is 248 g/mol. The molecule has 17 heavy (non-hydrogen) atoms. The van der Waals surface area contributed by atoms with E-state index in [-0.39, 0.29) is 5.82 Å². The minimum atomic E-state index is -0.210. The van der Waals surface area contributed by atoms with Gasteiger partial charge in [0.1, 0.15) is 5.82 Å². The maximum Gasteiger partial charge on any atom is 0.183 e. The highest BCUT2D eigenvalue weighted by Gasteiger charge is 2.22. The van der Waals surface area contributed by atoms with Crippen molar-refractivity contribution in [3.63, 3.8) is 0 Å². The summed E-state index contributed by atoms with van der Waals surface area (Å²) in [5.74, 6) is -0.210. The number of anilines is 1. The predicted octanol–water partition coefficient (Wildman–Crippen LogP) is 3.83. The Morgan fingerprint density at radius 3 is 2.65 bits per heavy atom. The van der Waals surface area contributed by atoms with Crippen LogP contribution in [0.15, 0.2) is 24.3 Å². The maximum absolute atomic E-state index is 12.9. The molecule has 0 radical (unpaired) electrons. The first kappa shape index (κ1) is 10.7. The molecule has 88 valence electrons. The van der Waals surface area contributed by atoms with Crippen LogP contribution >= 0.6 is 11.3 Å². The molecule has 2 aromatic rings. The van der Waals surface area contributed by atoms with E-state index in [1.165, 1.54) is 29.9 Å². The Hall–Kier alpha value is -1.42. The molecule has 1 heterocycles. The number of nitrogens with zero attached hydrogens (tertiary/aromatic N) is 1. The molecule has 0 bridgehead atoms. The summed E-state index contributed by atoms with van der Waals surface area (Å²) in [6.07, 6.45) is 2.48. The van der Waals surface area contributed by atoms with Crippen molar-refractivity contribution in [1.29, 1.82) is 0 Å². The maximum atomic E-state index is 12.9. The molecule has 1 N–H and O–H groups in total. The van der Waals surface area contributed by atoms with Crippen LogP contribution < -0.4 is 5.32 Å². The molecule has 3 rings (SSSR count). The van der Waals surface area contributed by atoms with Gasteiger partial charge in [0.05, 0.1) is 5.69 Å². The largest absolute Gasteiger partial charge is 0.359 e. The lowest BCUT2D eigenvalue weighted by atomic mass is 10.1. The third kappa shape index (κ3) is 2.31. The van der Waals surface area contributed by atoms with Gasteiger partial charge in [-0.15, -0.1) is 11.3 Å². The van der Waals surface area contributed by atoms with Gasteiger partial charge in [0, 0.05) is 16.5 Å². The van der Waals surface area contributed by atoms with Gasteiger partial charge < -0.3 is 5.32 Å². The number of halogens is 1. The van der Waals surface area contributed by atoms with E-state index in [9.17, 15) is 4.39 Å². The van der Waals surface area contributed by atoms with Crippen molar-refractivity contribution in [3.8, 4) is 11.3 Å². The summed E-state index contributed by atoms with van der Waals surface area (Å²) in [5, 5.41) is 4.37. The minimum Gasteiger partial charge on any atom is -0.359 e. The summed E-state index contributed by atoms with van der Waals surface area (Å²) in [4.78, 5) is 5.74. The lowest BCUT2D eigenvalue weighted by molar-refractivity contribution is 0.628. The Morgan fingerprint density at radius 2 is 2.00 bits per heavy atom. The molecule has 1 aromatic carbocycles. The number of aryl methyl sites for hydroxylation is 1. The lowest BCUT2D eigenvalue weighted by Gasteiger charge is -1.98. The molecule has 1 aromatic heterocycles. The fraction of sp³-hybridized carbons (Fsp3) is 0.308. The van der Waals surface area contributed by atoms with Gasteiger partial charge in [-0.2, -0.15) is 0 Å². The van der Waals surface area contributed by atoms with Crippen LogP contribution in [0.3, 0.4) is 0 Å². The average molecular weight is 248 g/mol. The third-order valence-electron chi connectivity index (χ3n) is 2.82. The Kier molecular flexibility index (Phi) is 2.59. The molecule has 1 aliphatic rings. The molecule has 0 aliphatic heterocycles. The van der Waals surface area contributed by atoms with Crippen LogP contribution in [0.2, 0.25) is 0 Å². The van der Waals surface area contributed by atoms with E-state index < -0.39 is 0 Å². The molecule has 1 aliphatic carbocycles. The summed E-state index contributed by atoms with van der Waals surface area (Å²) in [6, 6.07) is 7.11. The normalized spacial score (nSPS) is 14.9. The average Bonchev–Trinajstić information content (AvgIpc) is 3.03. The van der Waals surface area contributed by atoms with Gasteiger partial charge in [-0.25, -0.2) is 9.37 Å². The van der Waals surface area contributed by atoms with E-state index in [0.29, 0.717) is 6.04 Å². The summed E-state index contributed by atoms with van der Waals surface area (Å²) in [6.45, 7) is 2.05. The van der Waals surface area contributed by atoms with Gasteiger partial charge in [-0.3, -0.25) is 0 Å². The summed E-state index contributed by atoms with van der Waals surface area (Å²) < 4.78 is 12.9. The Morgan fingerprint density at radius 1 is 1.29 bits per heavy atom. The summed E-state index contributed by atoms with van der Waals surface area (Å²) in [7, 11) is 0. The summed E-state index contributed by atoms with van der Waals surface area (Å²) in [5.41, 5.74) is 1.93. The molecular weight excluding hydrogens is 235 g/mol. The number of thiazole rings is 1. The number of hydrogen-bond acceptors (Lipinski definition) is 3. The van der Waals surface area contributed by atoms with Crippen molar-refractivity contribution < 1.29 is 4.39 Å². The SMILES string of the molecule is Cc1sc(NC2CC2)nc1-c1ccc(F)cc1. The Bertz CT molecular complexity index is 529. The number of aromatic nitrogens is 1. The van der Waals surface area contributed by atoms with E-state index in [0.717, 1.165) is 16.4 Å². The number of rotatable bonds is 3. The standard InChI is InChI=1S/C13H13FN2S/c1-8-12(9-2-4-10(14)5-3-9)16-13(17-8)15-11-6-7-11/h2-5,11H,6-7H2,1H3,(H,15,16). The van der Waals surface area contributed by atoms with E-state index in [4.69, 9.17) is 0 Å². The second kappa shape index (κ2) is 4.11. The molecule has 0 amide bonds. The van der Waals surface area contributed by atoms with Crippen LogP contribution in [0.1, 0.15) is 17.7 Å². The molecule has 1 fully saturated rings. The van der Waals surface area contributed by atoms with Crippen LogP contribution in [0, 0.1) is 12.7 Å². The lowest BCUT2D eigenvalue weighted by Crippen LogP contribution is -1.99. The molecule has 0 saturated heterocycles. The van der Waals surface area contributed by atoms with Crippen molar-refractivity contribution in [1.82, 2.24) is 4.98 Å². The van der Waals surface area contributed by atoms with Crippen molar-refractivity contribution in [2.24, 2.45) is 0 Å². The van der Waals surface area contributed by atoms with Crippen LogP contribution in [-0.4, -0.2) is 11.0 Å². The summed E-state index contributed by atoms with van der Waals surface area (Å²) >= 11 is 1.67. The zero-order valence-electron chi connectivity index (χ0n) is 9.53. The van der Waals surface area contributed by atoms with Crippen molar-refractivity contribution in [2.75, 3.05) is 5.32 Å². The second-order valence-electron chi connectivity index (χ2n) is 4.35. The van der Waals surface area contributed by atoms with Crippen LogP contribution in [-0.2, 0) is 0 Å². The van der Waals surface area contributed by atoms with Gasteiger partial charge in [0.15, 0.2) is 5.13 Å². The Balaban J connectivity index is 1.90. The van der Waals surface area contributed by atoms with Gasteiger partial charge >= 0.3 is 0 Å². The quantitative estimate of drug-likeness (QED) is 0.892. The minimum absolute atomic E-state index is 0.210. The van der Waals surface area contributed by atoms with Crippen molar-refractivity contribution >= 4 is 16.5 Å². The molecule has 0 spiro atoms. The van der Waals surface area contributed by atoms with Crippen LogP contribution in [0.5, 0.6) is 0 Å². The topological polar surface area (TPSA) is 24.9 Å². The number of nitrogens with one attached hydrogen (secondary N) is 1. The van der Waals surface area contributed by atoms with E-state index in [1.54, 1.807) is 23.5 Å². The zero-order chi connectivity index (χ0) is 11.8. The Labute approximate surface area is 104 Å². The molecule has 0 unspecified atom stereocenters. The second-order valence-corrected chi connectivity index (χ2v) is 5.55. The zero-order valence-corrected chi connectivity index (χ0v) is 10.4. The molecule has 4 heteroatoms. The van der Waals surface area contributed by atoms with Crippen molar-refractivity contribution in [2.45, 2.75) is 25.8 Å². The van der Waals surface area contributed by atoms with Crippen LogP contribution in [0.4, 0.5) is 9.52 Å². The van der Waals surface area contributed by atoms with Crippen LogP contribution in [0.25, 0.3) is 11.3 Å². The number of hydrogen-bond donors (Lipinski definition) is 1. The molecule has 1 saturated carbocycles. The highest BCUT2D eigenvalue weighted by molar-refractivity contribution is 7.16. The van der Waals surface area contributed by atoms with E-state index in [2.05, 4.69) is 17.2 Å². The first-order valence-electron chi connectivity index (χ1n) is 5.72. The molecule has 0 atom stereocenters. The smallest absolute Gasteiger partial charge is 0.183 e. The number of benzene rings is 1. The van der Waals surface area contributed by atoms with E-state index >= 15 is 0 Å². The van der Waals surface area contributed by atoms with Gasteiger partial charge in [0.2, 0.25) is 0 Å². The fourth-order valence-corrected chi connectivity index (χ4v) is 2.65. The highest BCUT2D eigenvalue weighted by Crippen LogP contribution is 2.33. The van der Waals surface area contributed by atoms with E-state index in [1.807, 2.05) is 0 Å². The van der Waals surface area contributed by atoms with Gasteiger partial charge in [-0.05, 0) is 44.0 Å². The molecule has 2 nitrogen and oxygen atoms in total. The highest BCUT2D eigenvalue weighted by atomic mass is 32.1. The third-order valence-corrected chi connectivity index (χ3v) is 3.72. The first-order chi connectivity index (χ1) is 8.22. The fourth-order valence-electron chi connectivity index (χ4n) is 1.74.